The number of amides is 1. The molecule has 0 aliphatic carbocycles. The second-order valence-electron chi connectivity index (χ2n) is 5.57. The zero-order valence-corrected chi connectivity index (χ0v) is 12.8. The summed E-state index contributed by atoms with van der Waals surface area (Å²) < 4.78 is 5.77. The van der Waals surface area contributed by atoms with Crippen LogP contribution in [-0.2, 0) is 0 Å². The second-order valence-corrected chi connectivity index (χ2v) is 5.57. The molecule has 0 saturated carbocycles. The van der Waals surface area contributed by atoms with E-state index in [1.807, 2.05) is 0 Å². The van der Waals surface area contributed by atoms with E-state index in [0.29, 0.717) is 24.3 Å². The molecule has 0 bridgehead atoms. The molecule has 1 aliphatic rings. The van der Waals surface area contributed by atoms with Crippen LogP contribution >= 0.6 is 0 Å². The zero-order chi connectivity index (χ0) is 15.2. The summed E-state index contributed by atoms with van der Waals surface area (Å²) in [6.45, 7) is 6.15. The molecule has 0 radical (unpaired) electrons. The lowest BCUT2D eigenvalue weighted by molar-refractivity contribution is 0.0953. The molecule has 3 N–H and O–H groups in total. The third kappa shape index (κ3) is 3.95. The van der Waals surface area contributed by atoms with Gasteiger partial charge in [-0.05, 0) is 50.5 Å². The van der Waals surface area contributed by atoms with E-state index in [4.69, 9.17) is 10.6 Å². The molecule has 5 nitrogen and oxygen atoms in total. The largest absolute Gasteiger partial charge is 0.492 e. The van der Waals surface area contributed by atoms with Crippen molar-refractivity contribution in [2.75, 3.05) is 13.2 Å². The number of ether oxygens (including phenoxy) is 1. The van der Waals surface area contributed by atoms with Crippen LogP contribution in [0.3, 0.4) is 0 Å². The maximum atomic E-state index is 11.3. The highest BCUT2D eigenvalue weighted by Gasteiger charge is 2.28. The van der Waals surface area contributed by atoms with Crippen LogP contribution in [0, 0.1) is 0 Å². The molecule has 1 aromatic rings. The van der Waals surface area contributed by atoms with Gasteiger partial charge in [-0.15, -0.1) is 0 Å². The van der Waals surface area contributed by atoms with E-state index in [2.05, 4.69) is 24.2 Å². The van der Waals surface area contributed by atoms with Crippen molar-refractivity contribution in [2.24, 2.45) is 5.84 Å². The standard InChI is InChI=1S/C16H25N3O2/c1-3-14-7-4-12(2)19(14)10-11-21-15-8-5-13(6-9-15)16(20)18-17/h5-6,8-9,12,14H,3-4,7,10-11,17H2,1-2H3,(H,18,20). The van der Waals surface area contributed by atoms with E-state index >= 15 is 0 Å². The molecule has 0 aromatic heterocycles. The Kier molecular flexibility index (Phi) is 5.59. The molecule has 5 heteroatoms. The first-order chi connectivity index (χ1) is 10.2. The lowest BCUT2D eigenvalue weighted by Crippen LogP contribution is -2.37. The van der Waals surface area contributed by atoms with Crippen LogP contribution in [0.25, 0.3) is 0 Å². The van der Waals surface area contributed by atoms with Gasteiger partial charge in [0.05, 0.1) is 0 Å². The highest BCUT2D eigenvalue weighted by Crippen LogP contribution is 2.25. The predicted octanol–water partition coefficient (Wildman–Crippen LogP) is 1.93. The van der Waals surface area contributed by atoms with Crippen molar-refractivity contribution in [2.45, 2.75) is 45.2 Å². The van der Waals surface area contributed by atoms with E-state index in [-0.39, 0.29) is 5.91 Å². The Bertz CT molecular complexity index is 461. The summed E-state index contributed by atoms with van der Waals surface area (Å²) in [5, 5.41) is 0. The van der Waals surface area contributed by atoms with Gasteiger partial charge in [0.1, 0.15) is 12.4 Å². The molecule has 1 amide bonds. The molecule has 0 spiro atoms. The molecule has 2 atom stereocenters. The highest BCUT2D eigenvalue weighted by atomic mass is 16.5. The fourth-order valence-electron chi connectivity index (χ4n) is 3.02. The third-order valence-electron chi connectivity index (χ3n) is 4.29. The maximum Gasteiger partial charge on any atom is 0.265 e. The molecule has 1 fully saturated rings. The highest BCUT2D eigenvalue weighted by molar-refractivity contribution is 5.93. The molecule has 2 unspecified atom stereocenters. The van der Waals surface area contributed by atoms with E-state index in [9.17, 15) is 4.79 Å². The minimum absolute atomic E-state index is 0.293. The number of rotatable bonds is 6. The number of nitrogens with one attached hydrogen (secondary N) is 1. The van der Waals surface area contributed by atoms with Crippen LogP contribution in [-0.4, -0.2) is 36.0 Å². The first-order valence-corrected chi connectivity index (χ1v) is 7.65. The van der Waals surface area contributed by atoms with Crippen LogP contribution in [0.4, 0.5) is 0 Å². The van der Waals surface area contributed by atoms with Crippen LogP contribution in [0.1, 0.15) is 43.5 Å². The number of carbonyl (C=O) groups is 1. The Morgan fingerprint density at radius 3 is 2.71 bits per heavy atom. The summed E-state index contributed by atoms with van der Waals surface area (Å²) in [5.74, 6) is 5.58. The van der Waals surface area contributed by atoms with Gasteiger partial charge in [-0.25, -0.2) is 5.84 Å². The number of nitrogen functional groups attached to an aromatic ring is 1. The lowest BCUT2D eigenvalue weighted by Gasteiger charge is -2.27. The van der Waals surface area contributed by atoms with Crippen molar-refractivity contribution in [3.63, 3.8) is 0 Å². The minimum atomic E-state index is -0.293. The summed E-state index contributed by atoms with van der Waals surface area (Å²) >= 11 is 0. The topological polar surface area (TPSA) is 67.6 Å². The fourth-order valence-corrected chi connectivity index (χ4v) is 3.02. The van der Waals surface area contributed by atoms with Gasteiger partial charge in [-0.1, -0.05) is 6.92 Å². The Balaban J connectivity index is 1.82. The van der Waals surface area contributed by atoms with Gasteiger partial charge in [-0.2, -0.15) is 0 Å². The summed E-state index contributed by atoms with van der Waals surface area (Å²) in [5.41, 5.74) is 2.64. The van der Waals surface area contributed by atoms with Gasteiger partial charge in [0.2, 0.25) is 0 Å². The molecular weight excluding hydrogens is 266 g/mol. The number of benzene rings is 1. The van der Waals surface area contributed by atoms with Crippen molar-refractivity contribution < 1.29 is 9.53 Å². The average molecular weight is 291 g/mol. The first kappa shape index (κ1) is 15.8. The van der Waals surface area contributed by atoms with Crippen molar-refractivity contribution in [1.82, 2.24) is 10.3 Å². The predicted molar refractivity (Wildman–Crippen MR) is 83.1 cm³/mol. The van der Waals surface area contributed by atoms with Crippen molar-refractivity contribution in [3.05, 3.63) is 29.8 Å². The van der Waals surface area contributed by atoms with Gasteiger partial charge >= 0.3 is 0 Å². The molecule has 1 saturated heterocycles. The normalized spacial score (nSPS) is 22.2. The number of likely N-dealkylation sites (tertiary alicyclic amines) is 1. The molecular formula is C16H25N3O2. The van der Waals surface area contributed by atoms with E-state index in [1.165, 1.54) is 19.3 Å². The Morgan fingerprint density at radius 1 is 1.38 bits per heavy atom. The molecule has 1 aromatic carbocycles. The summed E-state index contributed by atoms with van der Waals surface area (Å²) in [6.07, 6.45) is 3.77. The van der Waals surface area contributed by atoms with Crippen LogP contribution in [0.5, 0.6) is 5.75 Å². The van der Waals surface area contributed by atoms with Crippen LogP contribution in [0.2, 0.25) is 0 Å². The van der Waals surface area contributed by atoms with Crippen LogP contribution < -0.4 is 16.0 Å². The molecule has 1 aliphatic heterocycles. The number of hydrogen-bond acceptors (Lipinski definition) is 4. The quantitative estimate of drug-likeness (QED) is 0.477. The zero-order valence-electron chi connectivity index (χ0n) is 12.8. The van der Waals surface area contributed by atoms with Crippen molar-refractivity contribution >= 4 is 5.91 Å². The van der Waals surface area contributed by atoms with Gasteiger partial charge in [0.15, 0.2) is 0 Å². The lowest BCUT2D eigenvalue weighted by atomic mass is 10.1. The van der Waals surface area contributed by atoms with E-state index < -0.39 is 0 Å². The van der Waals surface area contributed by atoms with Crippen molar-refractivity contribution in [1.29, 1.82) is 0 Å². The minimum Gasteiger partial charge on any atom is -0.492 e. The van der Waals surface area contributed by atoms with Crippen LogP contribution in [0.15, 0.2) is 24.3 Å². The third-order valence-corrected chi connectivity index (χ3v) is 4.29. The number of hydrazine groups is 1. The van der Waals surface area contributed by atoms with Crippen molar-refractivity contribution in [3.8, 4) is 5.75 Å². The molecule has 1 heterocycles. The number of hydrogen-bond donors (Lipinski definition) is 2. The molecule has 2 rings (SSSR count). The molecule has 116 valence electrons. The van der Waals surface area contributed by atoms with E-state index in [0.717, 1.165) is 12.3 Å². The smallest absolute Gasteiger partial charge is 0.265 e. The summed E-state index contributed by atoms with van der Waals surface area (Å²) in [4.78, 5) is 13.9. The van der Waals surface area contributed by atoms with E-state index in [1.54, 1.807) is 24.3 Å². The summed E-state index contributed by atoms with van der Waals surface area (Å²) in [6, 6.07) is 8.37. The number of nitrogens with zero attached hydrogens (tertiary/aromatic N) is 1. The second kappa shape index (κ2) is 7.43. The Hall–Kier alpha value is -1.59. The average Bonchev–Trinajstić information content (AvgIpc) is 2.87. The monoisotopic (exact) mass is 291 g/mol. The van der Waals surface area contributed by atoms with Gasteiger partial charge < -0.3 is 4.74 Å². The SMILES string of the molecule is CCC1CCC(C)N1CCOc1ccc(C(=O)NN)cc1. The Morgan fingerprint density at radius 2 is 2.10 bits per heavy atom. The van der Waals surface area contributed by atoms with Gasteiger partial charge in [-0.3, -0.25) is 15.1 Å². The van der Waals surface area contributed by atoms with Gasteiger partial charge in [0.25, 0.3) is 5.91 Å². The van der Waals surface area contributed by atoms with Gasteiger partial charge in [0, 0.05) is 24.2 Å². The number of nitrogens with two attached hydrogens (primary N) is 1. The maximum absolute atomic E-state index is 11.3. The first-order valence-electron chi connectivity index (χ1n) is 7.65. The number of carbonyl (C=O) groups excluding carboxylic acids is 1. The molecule has 21 heavy (non-hydrogen) atoms. The fraction of sp³-hybridized carbons (Fsp3) is 0.562. The summed E-state index contributed by atoms with van der Waals surface area (Å²) in [7, 11) is 0. The Labute approximate surface area is 126 Å².